The second-order valence-electron chi connectivity index (χ2n) is 3.79. The molecule has 4 atom stereocenters. The van der Waals surface area contributed by atoms with Gasteiger partial charge in [0, 0.05) is 10.2 Å². The molecule has 0 bridgehead atoms. The van der Waals surface area contributed by atoms with Gasteiger partial charge in [-0.1, -0.05) is 44.0 Å². The first kappa shape index (κ1) is 16.6. The summed E-state index contributed by atoms with van der Waals surface area (Å²) in [7, 11) is 0. The Labute approximate surface area is 124 Å². The quantitative estimate of drug-likeness (QED) is 0.417. The molecule has 0 saturated carbocycles. The van der Waals surface area contributed by atoms with Gasteiger partial charge >= 0.3 is 0 Å². The number of hydrogen-bond donors (Lipinski definition) is 0. The smallest absolute Gasteiger partial charge is 0.0715 e. The van der Waals surface area contributed by atoms with Gasteiger partial charge in [0.2, 0.25) is 0 Å². The normalized spacial score (nSPS) is 21.5. The van der Waals surface area contributed by atoms with Crippen molar-refractivity contribution in [2.24, 2.45) is 0 Å². The van der Waals surface area contributed by atoms with E-state index in [9.17, 15) is 0 Å². The summed E-state index contributed by atoms with van der Waals surface area (Å²) < 4.78 is 0. The first-order valence-electron chi connectivity index (χ1n) is 4.56. The van der Waals surface area contributed by atoms with Gasteiger partial charge < -0.3 is 0 Å². The van der Waals surface area contributed by atoms with Crippen molar-refractivity contribution in [3.05, 3.63) is 12.2 Å². The van der Waals surface area contributed by atoms with Crippen LogP contribution >= 0.6 is 66.7 Å². The fourth-order valence-corrected chi connectivity index (χ4v) is 3.38. The maximum Gasteiger partial charge on any atom is 0.0715 e. The maximum atomic E-state index is 6.39. The Balaban J connectivity index is 4.42. The minimum absolute atomic E-state index is 0.0471. The minimum atomic E-state index is -0.534. The van der Waals surface area contributed by atoms with Crippen LogP contribution in [0.5, 0.6) is 0 Å². The minimum Gasteiger partial charge on any atom is -0.120 e. The van der Waals surface area contributed by atoms with Crippen molar-refractivity contribution >= 4 is 66.7 Å². The van der Waals surface area contributed by atoms with Crippen LogP contribution in [-0.2, 0) is 0 Å². The lowest BCUT2D eigenvalue weighted by molar-refractivity contribution is 0.567. The average molecular weight is 401 g/mol. The van der Waals surface area contributed by atoms with E-state index in [1.165, 1.54) is 0 Å². The number of halogens is 5. The van der Waals surface area contributed by atoms with E-state index in [1.54, 1.807) is 0 Å². The van der Waals surface area contributed by atoms with Crippen LogP contribution in [0.4, 0.5) is 0 Å². The first-order valence-corrected chi connectivity index (χ1v) is 7.84. The van der Waals surface area contributed by atoms with Crippen LogP contribution in [0.2, 0.25) is 0 Å². The fraction of sp³-hybridized carbons (Fsp3) is 0.800. The Morgan fingerprint density at radius 2 is 1.93 bits per heavy atom. The molecule has 90 valence electrons. The van der Waals surface area contributed by atoms with E-state index in [2.05, 4.69) is 38.4 Å². The van der Waals surface area contributed by atoms with Gasteiger partial charge in [-0.15, -0.1) is 34.8 Å². The summed E-state index contributed by atoms with van der Waals surface area (Å²) in [5.74, 6) is 0. The molecule has 0 amide bonds. The average Bonchev–Trinajstić information content (AvgIpc) is 2.15. The van der Waals surface area contributed by atoms with Gasteiger partial charge in [-0.05, 0) is 20.3 Å². The highest BCUT2D eigenvalue weighted by Gasteiger charge is 2.37. The molecule has 15 heavy (non-hydrogen) atoms. The van der Waals surface area contributed by atoms with Gasteiger partial charge in [0.25, 0.3) is 0 Å². The Morgan fingerprint density at radius 1 is 1.47 bits per heavy atom. The van der Waals surface area contributed by atoms with E-state index in [-0.39, 0.29) is 15.6 Å². The molecule has 0 aliphatic carbocycles. The second kappa shape index (κ2) is 7.10. The first-order chi connectivity index (χ1) is 6.73. The van der Waals surface area contributed by atoms with Crippen molar-refractivity contribution in [3.63, 3.8) is 0 Å². The van der Waals surface area contributed by atoms with E-state index in [1.807, 2.05) is 13.8 Å². The Morgan fingerprint density at radius 3 is 2.27 bits per heavy atom. The highest BCUT2D eigenvalue weighted by Crippen LogP contribution is 2.37. The number of hydrogen-bond acceptors (Lipinski definition) is 0. The molecule has 0 heterocycles. The van der Waals surface area contributed by atoms with E-state index < -0.39 is 4.87 Å². The highest BCUT2D eigenvalue weighted by molar-refractivity contribution is 9.09. The molecular weight excluding hydrogens is 386 g/mol. The van der Waals surface area contributed by atoms with E-state index in [4.69, 9.17) is 34.8 Å². The molecule has 0 unspecified atom stereocenters. The maximum absolute atomic E-state index is 6.39. The molecule has 0 N–H and O–H groups in total. The number of allylic oxidation sites excluding steroid dienone is 1. The van der Waals surface area contributed by atoms with Crippen LogP contribution in [0.25, 0.3) is 0 Å². The standard InChI is InChI=1S/C10H15Br2Cl3/c1-6(2)7(13)4-8(12)10(3,15)9(14)5-11/h7-9H,1,4-5H2,2-3H3/t7-,8+,9-,10-/m1/s1. The molecule has 0 fully saturated rings. The lowest BCUT2D eigenvalue weighted by Crippen LogP contribution is -2.40. The summed E-state index contributed by atoms with van der Waals surface area (Å²) in [6.07, 6.45) is 0.715. The molecule has 0 aliphatic rings. The molecule has 0 aliphatic heterocycles. The van der Waals surface area contributed by atoms with Crippen molar-refractivity contribution < 1.29 is 0 Å². The van der Waals surface area contributed by atoms with Crippen molar-refractivity contribution in [2.45, 2.75) is 40.7 Å². The predicted molar refractivity (Wildman–Crippen MR) is 79.5 cm³/mol. The third-order valence-electron chi connectivity index (χ3n) is 2.31. The van der Waals surface area contributed by atoms with E-state index in [0.29, 0.717) is 11.8 Å². The third kappa shape index (κ3) is 5.16. The van der Waals surface area contributed by atoms with Crippen molar-refractivity contribution in [2.75, 3.05) is 5.33 Å². The summed E-state index contributed by atoms with van der Waals surface area (Å²) in [4.78, 5) is -0.487. The molecule has 5 heteroatoms. The molecule has 0 aromatic heterocycles. The Kier molecular flexibility index (Phi) is 7.85. The zero-order valence-electron chi connectivity index (χ0n) is 8.74. The largest absolute Gasteiger partial charge is 0.120 e. The number of rotatable bonds is 6. The predicted octanol–water partition coefficient (Wildman–Crippen LogP) is 5.32. The zero-order valence-corrected chi connectivity index (χ0v) is 14.2. The van der Waals surface area contributed by atoms with Crippen LogP contribution < -0.4 is 0 Å². The summed E-state index contributed by atoms with van der Waals surface area (Å²) in [5, 5.41) is 0.417. The van der Waals surface area contributed by atoms with Crippen LogP contribution in [-0.4, -0.2) is 25.8 Å². The molecule has 0 nitrogen and oxygen atoms in total. The summed E-state index contributed by atoms with van der Waals surface area (Å²) in [6, 6.07) is 0. The van der Waals surface area contributed by atoms with E-state index in [0.717, 1.165) is 5.57 Å². The van der Waals surface area contributed by atoms with Gasteiger partial charge in [0.1, 0.15) is 0 Å². The topological polar surface area (TPSA) is 0 Å². The lowest BCUT2D eigenvalue weighted by Gasteiger charge is -2.32. The van der Waals surface area contributed by atoms with E-state index >= 15 is 0 Å². The van der Waals surface area contributed by atoms with Crippen molar-refractivity contribution in [1.29, 1.82) is 0 Å². The molecule has 0 radical (unpaired) electrons. The van der Waals surface area contributed by atoms with Gasteiger partial charge in [0.05, 0.1) is 15.6 Å². The van der Waals surface area contributed by atoms with Crippen LogP contribution in [0.15, 0.2) is 12.2 Å². The van der Waals surface area contributed by atoms with Crippen LogP contribution in [0, 0.1) is 0 Å². The zero-order chi connectivity index (χ0) is 12.2. The molecule has 0 spiro atoms. The van der Waals surface area contributed by atoms with Crippen molar-refractivity contribution in [1.82, 2.24) is 0 Å². The van der Waals surface area contributed by atoms with Crippen LogP contribution in [0.1, 0.15) is 20.3 Å². The summed E-state index contributed by atoms with van der Waals surface area (Å²) >= 11 is 25.5. The molecular formula is C10H15Br2Cl3. The van der Waals surface area contributed by atoms with Crippen LogP contribution in [0.3, 0.4) is 0 Å². The molecule has 0 aromatic carbocycles. The summed E-state index contributed by atoms with van der Waals surface area (Å²) in [5.41, 5.74) is 0.943. The Hall–Kier alpha value is 1.57. The second-order valence-corrected chi connectivity index (χ2v) is 7.41. The van der Waals surface area contributed by atoms with Gasteiger partial charge in [-0.25, -0.2) is 0 Å². The lowest BCUT2D eigenvalue weighted by atomic mass is 9.98. The third-order valence-corrected chi connectivity index (χ3v) is 6.71. The molecule has 0 saturated heterocycles. The number of alkyl halides is 5. The van der Waals surface area contributed by atoms with Gasteiger partial charge in [-0.3, -0.25) is 0 Å². The van der Waals surface area contributed by atoms with Crippen molar-refractivity contribution in [3.8, 4) is 0 Å². The molecule has 0 rings (SSSR count). The Bertz CT molecular complexity index is 219. The fourth-order valence-electron chi connectivity index (χ4n) is 0.960. The monoisotopic (exact) mass is 398 g/mol. The summed E-state index contributed by atoms with van der Waals surface area (Å²) in [6.45, 7) is 7.64. The SMILES string of the molecule is C=C(C)[C@H](Cl)C[C@H](Br)[C@@](C)(Cl)[C@H](Cl)CBr. The van der Waals surface area contributed by atoms with Gasteiger partial charge in [-0.2, -0.15) is 0 Å². The highest BCUT2D eigenvalue weighted by atomic mass is 79.9. The molecule has 0 aromatic rings. The van der Waals surface area contributed by atoms with Gasteiger partial charge in [0.15, 0.2) is 0 Å².